The van der Waals surface area contributed by atoms with Crippen LogP contribution in [-0.2, 0) is 4.74 Å². The van der Waals surface area contributed by atoms with E-state index in [4.69, 9.17) is 10.5 Å². The minimum atomic E-state index is 0.0139. The molecule has 2 N–H and O–H groups in total. The van der Waals surface area contributed by atoms with Crippen molar-refractivity contribution in [1.82, 2.24) is 0 Å². The lowest BCUT2D eigenvalue weighted by Gasteiger charge is -2.19. The van der Waals surface area contributed by atoms with Crippen LogP contribution in [0.15, 0.2) is 0 Å². The Morgan fingerprint density at radius 3 is 2.75 bits per heavy atom. The third kappa shape index (κ3) is 1.01. The van der Waals surface area contributed by atoms with Gasteiger partial charge in [-0.15, -0.1) is 0 Å². The van der Waals surface area contributed by atoms with E-state index in [1.54, 1.807) is 0 Å². The molecular weight excluding hydrogens is 102 g/mol. The highest BCUT2D eigenvalue weighted by atomic mass is 16.5. The summed E-state index contributed by atoms with van der Waals surface area (Å²) in [6.07, 6.45) is 2.30. The molecule has 0 spiro atoms. The SMILES string of the molecule is CC1(CN)CCCO1. The summed E-state index contributed by atoms with van der Waals surface area (Å²) in [6, 6.07) is 0. The number of hydrogen-bond donors (Lipinski definition) is 1. The number of ether oxygens (including phenoxy) is 1. The third-order valence-corrected chi connectivity index (χ3v) is 1.73. The molecule has 1 unspecified atom stereocenters. The smallest absolute Gasteiger partial charge is 0.0777 e. The van der Waals surface area contributed by atoms with Crippen LogP contribution in [0.2, 0.25) is 0 Å². The van der Waals surface area contributed by atoms with Crippen molar-refractivity contribution in [2.45, 2.75) is 25.4 Å². The number of hydrogen-bond acceptors (Lipinski definition) is 2. The molecule has 8 heavy (non-hydrogen) atoms. The topological polar surface area (TPSA) is 35.2 Å². The van der Waals surface area contributed by atoms with Gasteiger partial charge in [0.25, 0.3) is 0 Å². The van der Waals surface area contributed by atoms with E-state index in [0.29, 0.717) is 6.54 Å². The molecule has 1 fully saturated rings. The molecule has 0 aromatic rings. The minimum absolute atomic E-state index is 0.0139. The van der Waals surface area contributed by atoms with Crippen molar-refractivity contribution in [2.75, 3.05) is 13.2 Å². The molecule has 0 amide bonds. The van der Waals surface area contributed by atoms with Crippen molar-refractivity contribution in [3.05, 3.63) is 0 Å². The van der Waals surface area contributed by atoms with E-state index in [0.717, 1.165) is 13.0 Å². The summed E-state index contributed by atoms with van der Waals surface area (Å²) in [4.78, 5) is 0. The molecule has 48 valence electrons. The van der Waals surface area contributed by atoms with Gasteiger partial charge in [0, 0.05) is 13.2 Å². The zero-order valence-corrected chi connectivity index (χ0v) is 5.31. The average molecular weight is 115 g/mol. The van der Waals surface area contributed by atoms with Crippen LogP contribution in [0.25, 0.3) is 0 Å². The minimum Gasteiger partial charge on any atom is -0.374 e. The Morgan fingerprint density at radius 1 is 1.75 bits per heavy atom. The van der Waals surface area contributed by atoms with Gasteiger partial charge in [-0.2, -0.15) is 0 Å². The quantitative estimate of drug-likeness (QED) is 0.540. The van der Waals surface area contributed by atoms with Gasteiger partial charge >= 0.3 is 0 Å². The highest BCUT2D eigenvalue weighted by Gasteiger charge is 2.27. The van der Waals surface area contributed by atoms with Crippen molar-refractivity contribution >= 4 is 0 Å². The van der Waals surface area contributed by atoms with Crippen LogP contribution in [0.1, 0.15) is 19.8 Å². The van der Waals surface area contributed by atoms with Gasteiger partial charge < -0.3 is 10.5 Å². The van der Waals surface area contributed by atoms with Crippen LogP contribution < -0.4 is 5.73 Å². The average Bonchev–Trinajstić information content (AvgIpc) is 2.17. The van der Waals surface area contributed by atoms with Gasteiger partial charge in [0.1, 0.15) is 0 Å². The molecule has 0 saturated carbocycles. The zero-order valence-electron chi connectivity index (χ0n) is 5.31. The van der Waals surface area contributed by atoms with Crippen molar-refractivity contribution in [3.8, 4) is 0 Å². The van der Waals surface area contributed by atoms with Gasteiger partial charge in [0.05, 0.1) is 5.60 Å². The maximum absolute atomic E-state index is 5.44. The van der Waals surface area contributed by atoms with Gasteiger partial charge in [-0.3, -0.25) is 0 Å². The Morgan fingerprint density at radius 2 is 2.50 bits per heavy atom. The molecule has 0 aliphatic carbocycles. The number of nitrogens with two attached hydrogens (primary N) is 1. The molecule has 2 heteroatoms. The van der Waals surface area contributed by atoms with E-state index in [9.17, 15) is 0 Å². The standard InChI is InChI=1S/C6H13NO/c1-6(5-7)3-2-4-8-6/h2-5,7H2,1H3. The fraction of sp³-hybridized carbons (Fsp3) is 1.00. The highest BCUT2D eigenvalue weighted by molar-refractivity contribution is 4.80. The van der Waals surface area contributed by atoms with E-state index in [1.165, 1.54) is 6.42 Å². The molecule has 0 bridgehead atoms. The molecule has 1 rings (SSSR count). The Labute approximate surface area is 50.0 Å². The van der Waals surface area contributed by atoms with E-state index in [-0.39, 0.29) is 5.60 Å². The number of rotatable bonds is 1. The summed E-state index contributed by atoms with van der Waals surface area (Å²) in [5.74, 6) is 0. The van der Waals surface area contributed by atoms with Gasteiger partial charge in [-0.05, 0) is 19.8 Å². The van der Waals surface area contributed by atoms with E-state index in [2.05, 4.69) is 6.92 Å². The maximum atomic E-state index is 5.44. The van der Waals surface area contributed by atoms with E-state index >= 15 is 0 Å². The highest BCUT2D eigenvalue weighted by Crippen LogP contribution is 2.22. The monoisotopic (exact) mass is 115 g/mol. The summed E-state index contributed by atoms with van der Waals surface area (Å²) in [6.45, 7) is 3.63. The second-order valence-electron chi connectivity index (χ2n) is 2.61. The Balaban J connectivity index is 2.40. The zero-order chi connectivity index (χ0) is 6.04. The normalized spacial score (nSPS) is 38.2. The van der Waals surface area contributed by atoms with E-state index in [1.807, 2.05) is 0 Å². The lowest BCUT2D eigenvalue weighted by molar-refractivity contribution is 0.0280. The first-order chi connectivity index (χ1) is 3.77. The Kier molecular flexibility index (Phi) is 1.54. The lowest BCUT2D eigenvalue weighted by atomic mass is 10.0. The fourth-order valence-electron chi connectivity index (χ4n) is 0.998. The van der Waals surface area contributed by atoms with E-state index < -0.39 is 0 Å². The van der Waals surface area contributed by atoms with Crippen LogP contribution in [-0.4, -0.2) is 18.8 Å². The molecule has 0 radical (unpaired) electrons. The summed E-state index contributed by atoms with van der Waals surface area (Å²) in [7, 11) is 0. The molecule has 1 atom stereocenters. The molecule has 0 aromatic carbocycles. The molecule has 0 aromatic heterocycles. The Bertz CT molecular complexity index is 76.6. The largest absolute Gasteiger partial charge is 0.374 e. The molecule has 1 aliphatic heterocycles. The van der Waals surface area contributed by atoms with Crippen LogP contribution in [0.3, 0.4) is 0 Å². The van der Waals surface area contributed by atoms with Crippen molar-refractivity contribution in [2.24, 2.45) is 5.73 Å². The fourth-order valence-corrected chi connectivity index (χ4v) is 0.998. The van der Waals surface area contributed by atoms with Crippen LogP contribution in [0.5, 0.6) is 0 Å². The Hall–Kier alpha value is -0.0800. The first-order valence-electron chi connectivity index (χ1n) is 3.11. The molecule has 1 saturated heterocycles. The molecule has 1 aliphatic rings. The van der Waals surface area contributed by atoms with Crippen molar-refractivity contribution < 1.29 is 4.74 Å². The third-order valence-electron chi connectivity index (χ3n) is 1.73. The van der Waals surface area contributed by atoms with Crippen LogP contribution in [0.4, 0.5) is 0 Å². The predicted octanol–water partition coefficient (Wildman–Crippen LogP) is 0.514. The summed E-state index contributed by atoms with van der Waals surface area (Å²) in [5.41, 5.74) is 5.46. The van der Waals surface area contributed by atoms with Crippen LogP contribution in [0, 0.1) is 0 Å². The van der Waals surface area contributed by atoms with Crippen molar-refractivity contribution in [3.63, 3.8) is 0 Å². The maximum Gasteiger partial charge on any atom is 0.0777 e. The van der Waals surface area contributed by atoms with Crippen LogP contribution >= 0.6 is 0 Å². The molecular formula is C6H13NO. The molecule has 1 heterocycles. The van der Waals surface area contributed by atoms with Gasteiger partial charge in [0.2, 0.25) is 0 Å². The first-order valence-corrected chi connectivity index (χ1v) is 3.11. The molecule has 2 nitrogen and oxygen atoms in total. The summed E-state index contributed by atoms with van der Waals surface area (Å²) < 4.78 is 5.36. The first kappa shape index (κ1) is 6.05. The lowest BCUT2D eigenvalue weighted by Crippen LogP contribution is -2.32. The van der Waals surface area contributed by atoms with Gasteiger partial charge in [-0.1, -0.05) is 0 Å². The van der Waals surface area contributed by atoms with Gasteiger partial charge in [0.15, 0.2) is 0 Å². The second-order valence-corrected chi connectivity index (χ2v) is 2.61. The van der Waals surface area contributed by atoms with Gasteiger partial charge in [-0.25, -0.2) is 0 Å². The second kappa shape index (κ2) is 2.03. The predicted molar refractivity (Wildman–Crippen MR) is 32.6 cm³/mol. The van der Waals surface area contributed by atoms with Crippen molar-refractivity contribution in [1.29, 1.82) is 0 Å². The summed E-state index contributed by atoms with van der Waals surface area (Å²) >= 11 is 0. The summed E-state index contributed by atoms with van der Waals surface area (Å²) in [5, 5.41) is 0.